The van der Waals surface area contributed by atoms with Crippen LogP contribution in [-0.4, -0.2) is 12.4 Å². The lowest BCUT2D eigenvalue weighted by molar-refractivity contribution is 0.786. The van der Waals surface area contributed by atoms with E-state index in [1.54, 1.807) is 0 Å². The molecule has 0 atom stereocenters. The highest BCUT2D eigenvalue weighted by Crippen LogP contribution is 2.29. The van der Waals surface area contributed by atoms with Crippen LogP contribution in [0.25, 0.3) is 0 Å². The normalized spacial score (nSPS) is 10.4. The first-order chi connectivity index (χ1) is 10.1. The molecule has 0 heterocycles. The zero-order valence-corrected chi connectivity index (χ0v) is 12.9. The minimum absolute atomic E-state index is 0.00799. The maximum Gasteiger partial charge on any atom is 0.124 e. The van der Waals surface area contributed by atoms with Crippen LogP contribution >= 0.6 is 11.6 Å². The molecule has 0 aliphatic heterocycles. The number of unbranched alkanes of at least 4 members (excludes halogenated alkanes) is 1. The smallest absolute Gasteiger partial charge is 0.124 e. The summed E-state index contributed by atoms with van der Waals surface area (Å²) in [5.74, 6) is -0.00799. The minimum atomic E-state index is -0.00799. The highest BCUT2D eigenvalue weighted by atomic mass is 35.5. The standard InChI is InChI=1S/C17H20ClN3/c1-2-3-11-21(13-7-5-4-6-8-13)14-9-10-15(17(19)20)16(18)12-14/h4-10,12H,2-3,11H2,1H3,(H3,19,20). The fourth-order valence-electron chi connectivity index (χ4n) is 2.22. The molecule has 0 saturated carbocycles. The Labute approximate surface area is 130 Å². The van der Waals surface area contributed by atoms with Crippen molar-refractivity contribution in [2.45, 2.75) is 19.8 Å². The molecule has 0 saturated heterocycles. The van der Waals surface area contributed by atoms with E-state index in [9.17, 15) is 0 Å². The van der Waals surface area contributed by atoms with Gasteiger partial charge < -0.3 is 10.6 Å². The number of para-hydroxylation sites is 1. The van der Waals surface area contributed by atoms with Gasteiger partial charge in [0.15, 0.2) is 0 Å². The molecule has 3 N–H and O–H groups in total. The van der Waals surface area contributed by atoms with Gasteiger partial charge in [-0.15, -0.1) is 0 Å². The Morgan fingerprint density at radius 2 is 1.86 bits per heavy atom. The quantitative estimate of drug-likeness (QED) is 0.607. The Morgan fingerprint density at radius 1 is 1.14 bits per heavy atom. The van der Waals surface area contributed by atoms with Crippen LogP contribution in [0, 0.1) is 5.41 Å². The number of nitrogens with one attached hydrogen (secondary N) is 1. The van der Waals surface area contributed by atoms with Crippen molar-refractivity contribution >= 4 is 28.8 Å². The predicted molar refractivity (Wildman–Crippen MR) is 90.8 cm³/mol. The summed E-state index contributed by atoms with van der Waals surface area (Å²) in [5.41, 5.74) is 8.25. The number of amidine groups is 1. The maximum absolute atomic E-state index is 7.51. The van der Waals surface area contributed by atoms with Gasteiger partial charge in [-0.3, -0.25) is 5.41 Å². The van der Waals surface area contributed by atoms with Gasteiger partial charge in [-0.25, -0.2) is 0 Å². The van der Waals surface area contributed by atoms with Crippen LogP contribution < -0.4 is 10.6 Å². The van der Waals surface area contributed by atoms with Gasteiger partial charge >= 0.3 is 0 Å². The predicted octanol–water partition coefficient (Wildman–Crippen LogP) is 4.56. The lowest BCUT2D eigenvalue weighted by Gasteiger charge is -2.25. The number of anilines is 2. The third kappa shape index (κ3) is 3.76. The largest absolute Gasteiger partial charge is 0.384 e. The van der Waals surface area contributed by atoms with Crippen molar-refractivity contribution < 1.29 is 0 Å². The van der Waals surface area contributed by atoms with E-state index in [1.807, 2.05) is 36.4 Å². The number of benzene rings is 2. The number of hydrogen-bond donors (Lipinski definition) is 2. The number of nitrogen functional groups attached to an aromatic ring is 1. The molecule has 2 aromatic rings. The molecule has 0 aromatic heterocycles. The third-order valence-corrected chi connectivity index (χ3v) is 3.67. The Bertz CT molecular complexity index is 611. The van der Waals surface area contributed by atoms with E-state index >= 15 is 0 Å². The molecule has 2 rings (SSSR count). The lowest BCUT2D eigenvalue weighted by Crippen LogP contribution is -2.19. The lowest BCUT2D eigenvalue weighted by atomic mass is 10.1. The summed E-state index contributed by atoms with van der Waals surface area (Å²) in [6, 6.07) is 15.9. The zero-order chi connectivity index (χ0) is 15.2. The first kappa shape index (κ1) is 15.4. The number of nitrogens with zero attached hydrogens (tertiary/aromatic N) is 1. The summed E-state index contributed by atoms with van der Waals surface area (Å²) in [7, 11) is 0. The molecule has 0 spiro atoms. The molecule has 0 amide bonds. The number of halogens is 1. The monoisotopic (exact) mass is 301 g/mol. The fourth-order valence-corrected chi connectivity index (χ4v) is 2.50. The van der Waals surface area contributed by atoms with Crippen molar-refractivity contribution in [3.8, 4) is 0 Å². The van der Waals surface area contributed by atoms with Gasteiger partial charge in [0.05, 0.1) is 5.02 Å². The molecule has 0 aliphatic rings. The number of rotatable bonds is 6. The first-order valence-electron chi connectivity index (χ1n) is 7.10. The van der Waals surface area contributed by atoms with Crippen molar-refractivity contribution in [1.29, 1.82) is 5.41 Å². The van der Waals surface area contributed by atoms with Crippen molar-refractivity contribution in [2.24, 2.45) is 5.73 Å². The van der Waals surface area contributed by atoms with Crippen LogP contribution in [0.3, 0.4) is 0 Å². The summed E-state index contributed by atoms with van der Waals surface area (Å²) < 4.78 is 0. The highest BCUT2D eigenvalue weighted by Gasteiger charge is 2.11. The molecule has 0 radical (unpaired) electrons. The van der Waals surface area contributed by atoms with Crippen LogP contribution in [0.5, 0.6) is 0 Å². The average molecular weight is 302 g/mol. The second-order valence-electron chi connectivity index (χ2n) is 4.92. The molecule has 0 fully saturated rings. The maximum atomic E-state index is 7.51. The third-order valence-electron chi connectivity index (χ3n) is 3.36. The van der Waals surface area contributed by atoms with Gasteiger partial charge in [0.2, 0.25) is 0 Å². The Morgan fingerprint density at radius 3 is 2.43 bits per heavy atom. The van der Waals surface area contributed by atoms with Gasteiger partial charge in [-0.1, -0.05) is 43.1 Å². The molecule has 0 bridgehead atoms. The van der Waals surface area contributed by atoms with Crippen molar-refractivity contribution in [3.63, 3.8) is 0 Å². The van der Waals surface area contributed by atoms with Crippen molar-refractivity contribution in [1.82, 2.24) is 0 Å². The van der Waals surface area contributed by atoms with Crippen LogP contribution in [0.15, 0.2) is 48.5 Å². The van der Waals surface area contributed by atoms with E-state index in [0.717, 1.165) is 30.8 Å². The van der Waals surface area contributed by atoms with Gasteiger partial charge in [-0.05, 0) is 36.8 Å². The average Bonchev–Trinajstić information content (AvgIpc) is 2.48. The zero-order valence-electron chi connectivity index (χ0n) is 12.1. The summed E-state index contributed by atoms with van der Waals surface area (Å²) in [6.45, 7) is 3.10. The molecule has 0 aliphatic carbocycles. The Balaban J connectivity index is 2.37. The topological polar surface area (TPSA) is 53.1 Å². The van der Waals surface area contributed by atoms with E-state index in [1.165, 1.54) is 0 Å². The number of nitrogens with two attached hydrogens (primary N) is 1. The molecule has 21 heavy (non-hydrogen) atoms. The van der Waals surface area contributed by atoms with Gasteiger partial charge in [0, 0.05) is 23.5 Å². The van der Waals surface area contributed by atoms with Crippen LogP contribution in [0.1, 0.15) is 25.3 Å². The Hall–Kier alpha value is -2.00. The second kappa shape index (κ2) is 7.14. The van der Waals surface area contributed by atoms with E-state index in [0.29, 0.717) is 10.6 Å². The Kier molecular flexibility index (Phi) is 5.23. The van der Waals surface area contributed by atoms with Crippen molar-refractivity contribution in [3.05, 3.63) is 59.1 Å². The van der Waals surface area contributed by atoms with Gasteiger partial charge in [0.1, 0.15) is 5.84 Å². The summed E-state index contributed by atoms with van der Waals surface area (Å²) in [4.78, 5) is 2.24. The molecule has 4 heteroatoms. The van der Waals surface area contributed by atoms with Crippen molar-refractivity contribution in [2.75, 3.05) is 11.4 Å². The van der Waals surface area contributed by atoms with E-state index in [4.69, 9.17) is 22.7 Å². The molecular formula is C17H20ClN3. The first-order valence-corrected chi connectivity index (χ1v) is 7.47. The molecule has 0 unspecified atom stereocenters. The fraction of sp³-hybridized carbons (Fsp3) is 0.235. The molecular weight excluding hydrogens is 282 g/mol. The molecule has 3 nitrogen and oxygen atoms in total. The van der Waals surface area contributed by atoms with E-state index in [2.05, 4.69) is 24.0 Å². The summed E-state index contributed by atoms with van der Waals surface area (Å²) in [6.07, 6.45) is 2.23. The number of hydrogen-bond acceptors (Lipinski definition) is 2. The molecule has 2 aromatic carbocycles. The minimum Gasteiger partial charge on any atom is -0.384 e. The SMILES string of the molecule is CCCCN(c1ccccc1)c1ccc(C(=N)N)c(Cl)c1. The molecule has 110 valence electrons. The highest BCUT2D eigenvalue weighted by molar-refractivity contribution is 6.34. The van der Waals surface area contributed by atoms with Crippen LogP contribution in [0.4, 0.5) is 11.4 Å². The summed E-state index contributed by atoms with van der Waals surface area (Å²) in [5, 5.41) is 8.02. The second-order valence-corrected chi connectivity index (χ2v) is 5.33. The van der Waals surface area contributed by atoms with E-state index in [-0.39, 0.29) is 5.84 Å². The van der Waals surface area contributed by atoms with E-state index < -0.39 is 0 Å². The van der Waals surface area contributed by atoms with Crippen LogP contribution in [0.2, 0.25) is 5.02 Å². The van der Waals surface area contributed by atoms with Gasteiger partial charge in [-0.2, -0.15) is 0 Å². The van der Waals surface area contributed by atoms with Gasteiger partial charge in [0.25, 0.3) is 0 Å². The summed E-state index contributed by atoms with van der Waals surface area (Å²) >= 11 is 6.24. The van der Waals surface area contributed by atoms with Crippen LogP contribution in [-0.2, 0) is 0 Å².